The molecule has 0 atom stereocenters. The van der Waals surface area contributed by atoms with Gasteiger partial charge in [-0.05, 0) is 18.2 Å². The molecule has 0 fully saturated rings. The minimum atomic E-state index is -3.26. The summed E-state index contributed by atoms with van der Waals surface area (Å²) in [5.41, 5.74) is 0.766. The van der Waals surface area contributed by atoms with Gasteiger partial charge in [0.05, 0.1) is 12.8 Å². The summed E-state index contributed by atoms with van der Waals surface area (Å²) in [5, 5.41) is 3.70. The van der Waals surface area contributed by atoms with Crippen LogP contribution in [-0.2, 0) is 16.6 Å². The lowest BCUT2D eigenvalue weighted by Crippen LogP contribution is -2.21. The van der Waals surface area contributed by atoms with Crippen LogP contribution in [-0.4, -0.2) is 24.8 Å². The van der Waals surface area contributed by atoms with E-state index >= 15 is 0 Å². The van der Waals surface area contributed by atoms with E-state index in [1.54, 1.807) is 0 Å². The number of halogens is 1. The molecule has 0 aliphatic heterocycles. The molecule has 0 radical (unpaired) electrons. The normalized spacial score (nSPS) is 11.7. The van der Waals surface area contributed by atoms with Crippen molar-refractivity contribution in [1.82, 2.24) is 14.9 Å². The van der Waals surface area contributed by atoms with Gasteiger partial charge in [-0.15, -0.1) is 0 Å². The van der Waals surface area contributed by atoms with Crippen LogP contribution in [0.15, 0.2) is 33.3 Å². The molecule has 0 aliphatic rings. The van der Waals surface area contributed by atoms with E-state index in [4.69, 9.17) is 4.52 Å². The van der Waals surface area contributed by atoms with E-state index in [2.05, 4.69) is 30.8 Å². The van der Waals surface area contributed by atoms with Crippen molar-refractivity contribution in [3.05, 3.63) is 34.6 Å². The molecule has 6 nitrogen and oxygen atoms in total. The Hall–Kier alpha value is -1.25. The summed E-state index contributed by atoms with van der Waals surface area (Å²) >= 11 is 3.34. The van der Waals surface area contributed by atoms with Gasteiger partial charge in [0.15, 0.2) is 5.82 Å². The van der Waals surface area contributed by atoms with E-state index in [-0.39, 0.29) is 12.4 Å². The third-order valence-corrected chi connectivity index (χ3v) is 3.19. The van der Waals surface area contributed by atoms with E-state index in [0.717, 1.165) is 16.3 Å². The third kappa shape index (κ3) is 3.62. The van der Waals surface area contributed by atoms with Gasteiger partial charge in [0.1, 0.15) is 0 Å². The summed E-state index contributed by atoms with van der Waals surface area (Å²) in [6, 6.07) is 7.39. The Bertz CT molecular complexity index is 654. The summed E-state index contributed by atoms with van der Waals surface area (Å²) in [6.45, 7) is 0.0103. The van der Waals surface area contributed by atoms with E-state index in [0.29, 0.717) is 5.89 Å². The van der Waals surface area contributed by atoms with Crippen molar-refractivity contribution in [3.8, 4) is 11.5 Å². The fourth-order valence-electron chi connectivity index (χ4n) is 1.26. The van der Waals surface area contributed by atoms with E-state index in [1.807, 2.05) is 24.3 Å². The minimum absolute atomic E-state index is 0.0103. The summed E-state index contributed by atoms with van der Waals surface area (Å²) in [4.78, 5) is 4.10. The van der Waals surface area contributed by atoms with E-state index < -0.39 is 10.0 Å². The standard InChI is InChI=1S/C10H10BrN3O3S/c1-18(15,16)12-6-9-13-10(17-14-9)7-3-2-4-8(11)5-7/h2-5,12H,6H2,1H3. The quantitative estimate of drug-likeness (QED) is 0.918. The molecular formula is C10H10BrN3O3S. The Morgan fingerprint density at radius 1 is 1.44 bits per heavy atom. The van der Waals surface area contributed by atoms with Gasteiger partial charge < -0.3 is 4.52 Å². The van der Waals surface area contributed by atoms with Crippen molar-refractivity contribution < 1.29 is 12.9 Å². The predicted octanol–water partition coefficient (Wildman–Crippen LogP) is 1.55. The number of hydrogen-bond donors (Lipinski definition) is 1. The summed E-state index contributed by atoms with van der Waals surface area (Å²) in [7, 11) is -3.26. The van der Waals surface area contributed by atoms with Gasteiger partial charge in [0, 0.05) is 10.0 Å². The largest absolute Gasteiger partial charge is 0.334 e. The number of sulfonamides is 1. The highest BCUT2D eigenvalue weighted by molar-refractivity contribution is 9.10. The lowest BCUT2D eigenvalue weighted by Gasteiger charge is -1.96. The minimum Gasteiger partial charge on any atom is -0.334 e. The molecule has 0 saturated carbocycles. The van der Waals surface area contributed by atoms with Gasteiger partial charge in [-0.3, -0.25) is 0 Å². The van der Waals surface area contributed by atoms with Crippen molar-refractivity contribution in [2.45, 2.75) is 6.54 Å². The maximum absolute atomic E-state index is 10.9. The Balaban J connectivity index is 2.16. The Labute approximate surface area is 113 Å². The molecule has 8 heteroatoms. The van der Waals surface area contributed by atoms with Crippen molar-refractivity contribution in [3.63, 3.8) is 0 Å². The smallest absolute Gasteiger partial charge is 0.258 e. The Morgan fingerprint density at radius 2 is 2.22 bits per heavy atom. The van der Waals surface area contributed by atoms with Crippen LogP contribution in [0.3, 0.4) is 0 Å². The molecule has 0 amide bonds. The third-order valence-electron chi connectivity index (χ3n) is 2.03. The second-order valence-electron chi connectivity index (χ2n) is 3.62. The van der Waals surface area contributed by atoms with Gasteiger partial charge in [-0.2, -0.15) is 4.98 Å². The molecule has 96 valence electrons. The summed E-state index contributed by atoms with van der Waals surface area (Å²) < 4.78 is 30.1. The molecule has 0 saturated heterocycles. The Morgan fingerprint density at radius 3 is 2.89 bits per heavy atom. The van der Waals surface area contributed by atoms with Crippen LogP contribution >= 0.6 is 15.9 Å². The first kappa shape index (κ1) is 13.2. The molecule has 0 bridgehead atoms. The lowest BCUT2D eigenvalue weighted by molar-refractivity contribution is 0.421. The van der Waals surface area contributed by atoms with E-state index in [1.165, 1.54) is 0 Å². The molecule has 1 aromatic carbocycles. The molecular weight excluding hydrogens is 322 g/mol. The number of aromatic nitrogens is 2. The fraction of sp³-hybridized carbons (Fsp3) is 0.200. The Kier molecular flexibility index (Phi) is 3.79. The number of rotatable bonds is 4. The fourth-order valence-corrected chi connectivity index (χ4v) is 2.05. The van der Waals surface area contributed by atoms with Gasteiger partial charge in [-0.25, -0.2) is 13.1 Å². The van der Waals surface area contributed by atoms with Crippen LogP contribution in [0.4, 0.5) is 0 Å². The number of benzene rings is 1. The van der Waals surface area contributed by atoms with Crippen LogP contribution in [0.5, 0.6) is 0 Å². The molecule has 0 aliphatic carbocycles. The molecule has 18 heavy (non-hydrogen) atoms. The molecule has 1 heterocycles. The zero-order valence-corrected chi connectivity index (χ0v) is 11.8. The van der Waals surface area contributed by atoms with Crippen LogP contribution in [0.25, 0.3) is 11.5 Å². The SMILES string of the molecule is CS(=O)(=O)NCc1noc(-c2cccc(Br)c2)n1. The van der Waals surface area contributed by atoms with Crippen molar-refractivity contribution in [2.75, 3.05) is 6.26 Å². The highest BCUT2D eigenvalue weighted by Gasteiger charge is 2.10. The van der Waals surface area contributed by atoms with Crippen molar-refractivity contribution in [2.24, 2.45) is 0 Å². The van der Waals surface area contributed by atoms with Crippen LogP contribution in [0.1, 0.15) is 5.82 Å². The zero-order valence-electron chi connectivity index (χ0n) is 9.42. The monoisotopic (exact) mass is 331 g/mol. The van der Waals surface area contributed by atoms with Crippen LogP contribution in [0, 0.1) is 0 Å². The summed E-state index contributed by atoms with van der Waals surface area (Å²) in [5.74, 6) is 0.636. The highest BCUT2D eigenvalue weighted by atomic mass is 79.9. The first-order valence-electron chi connectivity index (χ1n) is 4.97. The number of hydrogen-bond acceptors (Lipinski definition) is 5. The molecule has 1 aromatic heterocycles. The maximum atomic E-state index is 10.9. The van der Waals surface area contributed by atoms with Gasteiger partial charge >= 0.3 is 0 Å². The zero-order chi connectivity index (χ0) is 13.2. The molecule has 1 N–H and O–H groups in total. The highest BCUT2D eigenvalue weighted by Crippen LogP contribution is 2.21. The van der Waals surface area contributed by atoms with Gasteiger partial charge in [0.25, 0.3) is 5.89 Å². The molecule has 2 rings (SSSR count). The second-order valence-corrected chi connectivity index (χ2v) is 6.37. The first-order chi connectivity index (χ1) is 8.44. The van der Waals surface area contributed by atoms with Gasteiger partial charge in [-0.1, -0.05) is 27.2 Å². The lowest BCUT2D eigenvalue weighted by atomic mass is 10.2. The number of nitrogens with one attached hydrogen (secondary N) is 1. The van der Waals surface area contributed by atoms with Crippen LogP contribution in [0.2, 0.25) is 0 Å². The van der Waals surface area contributed by atoms with Crippen LogP contribution < -0.4 is 4.72 Å². The molecule has 2 aromatic rings. The average Bonchev–Trinajstić information content (AvgIpc) is 2.74. The maximum Gasteiger partial charge on any atom is 0.258 e. The number of nitrogens with zero attached hydrogens (tertiary/aromatic N) is 2. The average molecular weight is 332 g/mol. The van der Waals surface area contributed by atoms with Crippen molar-refractivity contribution >= 4 is 26.0 Å². The topological polar surface area (TPSA) is 85.1 Å². The second kappa shape index (κ2) is 5.17. The molecule has 0 unspecified atom stereocenters. The van der Waals surface area contributed by atoms with E-state index in [9.17, 15) is 8.42 Å². The van der Waals surface area contributed by atoms with Gasteiger partial charge in [0.2, 0.25) is 10.0 Å². The molecule has 0 spiro atoms. The first-order valence-corrected chi connectivity index (χ1v) is 7.66. The summed E-state index contributed by atoms with van der Waals surface area (Å²) in [6.07, 6.45) is 1.07. The predicted molar refractivity (Wildman–Crippen MR) is 69.1 cm³/mol. The van der Waals surface area contributed by atoms with Crippen molar-refractivity contribution in [1.29, 1.82) is 0 Å².